The van der Waals surface area contributed by atoms with Crippen molar-refractivity contribution in [2.45, 2.75) is 13.0 Å². The number of nitrogens with zero attached hydrogens (tertiary/aromatic N) is 2. The molecule has 0 fully saturated rings. The molecule has 0 amide bonds. The van der Waals surface area contributed by atoms with Gasteiger partial charge in [0.05, 0.1) is 6.54 Å². The Labute approximate surface area is 98.3 Å². The van der Waals surface area contributed by atoms with Gasteiger partial charge in [0.2, 0.25) is 0 Å². The molecule has 0 spiro atoms. The molecule has 0 unspecified atom stereocenters. The molecule has 3 N–H and O–H groups in total. The SMILES string of the molecule is CN(Cc1ccc(/C(N)=N/O)cc1)CC(F)F. The average Bonchev–Trinajstić information content (AvgIpc) is 2.28. The monoisotopic (exact) mass is 243 g/mol. The lowest BCUT2D eigenvalue weighted by molar-refractivity contribution is 0.0975. The first-order valence-corrected chi connectivity index (χ1v) is 5.06. The summed E-state index contributed by atoms with van der Waals surface area (Å²) in [5.74, 6) is 0.0254. The van der Waals surface area contributed by atoms with Crippen molar-refractivity contribution in [3.63, 3.8) is 0 Å². The Balaban J connectivity index is 2.62. The highest BCUT2D eigenvalue weighted by Crippen LogP contribution is 2.07. The second kappa shape index (κ2) is 6.15. The first-order valence-electron chi connectivity index (χ1n) is 5.06. The van der Waals surface area contributed by atoms with Crippen molar-refractivity contribution in [3.05, 3.63) is 35.4 Å². The second-order valence-corrected chi connectivity index (χ2v) is 3.77. The van der Waals surface area contributed by atoms with E-state index >= 15 is 0 Å². The number of hydrogen-bond acceptors (Lipinski definition) is 3. The lowest BCUT2D eigenvalue weighted by Gasteiger charge is -2.15. The second-order valence-electron chi connectivity index (χ2n) is 3.77. The Morgan fingerprint density at radius 3 is 2.47 bits per heavy atom. The highest BCUT2D eigenvalue weighted by molar-refractivity contribution is 5.96. The summed E-state index contributed by atoms with van der Waals surface area (Å²) in [7, 11) is 1.63. The third kappa shape index (κ3) is 4.36. The van der Waals surface area contributed by atoms with Crippen molar-refractivity contribution in [2.24, 2.45) is 10.9 Å². The van der Waals surface area contributed by atoms with E-state index in [2.05, 4.69) is 5.16 Å². The van der Waals surface area contributed by atoms with Crippen LogP contribution >= 0.6 is 0 Å². The standard InChI is InChI=1S/C11H15F2N3O/c1-16(7-10(12)13)6-8-2-4-9(5-3-8)11(14)15-17/h2-5,10,17H,6-7H2,1H3,(H2,14,15). The molecule has 0 atom stereocenters. The molecule has 1 aromatic carbocycles. The third-order valence-corrected chi connectivity index (χ3v) is 2.26. The summed E-state index contributed by atoms with van der Waals surface area (Å²) in [5, 5.41) is 11.3. The van der Waals surface area contributed by atoms with E-state index in [9.17, 15) is 8.78 Å². The average molecular weight is 243 g/mol. The smallest absolute Gasteiger partial charge is 0.251 e. The molecule has 17 heavy (non-hydrogen) atoms. The van der Waals surface area contributed by atoms with Gasteiger partial charge in [-0.3, -0.25) is 4.90 Å². The first-order chi connectivity index (χ1) is 8.02. The maximum atomic E-state index is 12.1. The van der Waals surface area contributed by atoms with Gasteiger partial charge in [0.25, 0.3) is 6.43 Å². The van der Waals surface area contributed by atoms with Crippen LogP contribution in [0.4, 0.5) is 8.78 Å². The van der Waals surface area contributed by atoms with Gasteiger partial charge in [0, 0.05) is 12.1 Å². The Hall–Kier alpha value is -1.69. The predicted octanol–water partition coefficient (Wildman–Crippen LogP) is 1.48. The van der Waals surface area contributed by atoms with Crippen LogP contribution in [0.5, 0.6) is 0 Å². The summed E-state index contributed by atoms with van der Waals surface area (Å²) < 4.78 is 24.2. The summed E-state index contributed by atoms with van der Waals surface area (Å²) in [6.07, 6.45) is -2.34. The maximum Gasteiger partial charge on any atom is 0.251 e. The molecule has 0 saturated carbocycles. The molecule has 4 nitrogen and oxygen atoms in total. The van der Waals surface area contributed by atoms with Crippen molar-refractivity contribution in [2.75, 3.05) is 13.6 Å². The number of amidine groups is 1. The largest absolute Gasteiger partial charge is 0.409 e. The van der Waals surface area contributed by atoms with Crippen LogP contribution in [0.2, 0.25) is 0 Å². The Bertz CT molecular complexity index is 379. The van der Waals surface area contributed by atoms with E-state index in [-0.39, 0.29) is 12.4 Å². The molecule has 6 heteroatoms. The number of halogens is 2. The van der Waals surface area contributed by atoms with Gasteiger partial charge in [-0.25, -0.2) is 8.78 Å². The molecule has 0 saturated heterocycles. The number of benzene rings is 1. The van der Waals surface area contributed by atoms with E-state index in [0.717, 1.165) is 5.56 Å². The molecular weight excluding hydrogens is 228 g/mol. The molecule has 0 aliphatic carbocycles. The van der Waals surface area contributed by atoms with E-state index in [1.54, 1.807) is 31.3 Å². The molecule has 1 aromatic rings. The highest BCUT2D eigenvalue weighted by atomic mass is 19.3. The zero-order valence-corrected chi connectivity index (χ0v) is 9.48. The summed E-state index contributed by atoms with van der Waals surface area (Å²) >= 11 is 0. The van der Waals surface area contributed by atoms with Gasteiger partial charge in [-0.15, -0.1) is 0 Å². The molecule has 0 radical (unpaired) electrons. The van der Waals surface area contributed by atoms with Crippen molar-refractivity contribution in [3.8, 4) is 0 Å². The van der Waals surface area contributed by atoms with E-state index in [4.69, 9.17) is 10.9 Å². The fourth-order valence-electron chi connectivity index (χ4n) is 1.45. The van der Waals surface area contributed by atoms with Crippen LogP contribution in [0.25, 0.3) is 0 Å². The molecule has 0 aliphatic heterocycles. The third-order valence-electron chi connectivity index (χ3n) is 2.26. The van der Waals surface area contributed by atoms with Gasteiger partial charge in [-0.05, 0) is 12.6 Å². The molecule has 0 aliphatic rings. The molecule has 94 valence electrons. The molecular formula is C11H15F2N3O. The molecule has 0 aromatic heterocycles. The van der Waals surface area contributed by atoms with Crippen LogP contribution in [0.3, 0.4) is 0 Å². The van der Waals surface area contributed by atoms with Gasteiger partial charge in [-0.2, -0.15) is 0 Å². The van der Waals surface area contributed by atoms with Crippen molar-refractivity contribution < 1.29 is 14.0 Å². The van der Waals surface area contributed by atoms with E-state index < -0.39 is 6.43 Å². The Morgan fingerprint density at radius 2 is 2.00 bits per heavy atom. The zero-order valence-electron chi connectivity index (χ0n) is 9.48. The fraction of sp³-hybridized carbons (Fsp3) is 0.364. The minimum absolute atomic E-state index is 0.0254. The van der Waals surface area contributed by atoms with Gasteiger partial charge in [0.15, 0.2) is 5.84 Å². The van der Waals surface area contributed by atoms with Crippen LogP contribution < -0.4 is 5.73 Å². The van der Waals surface area contributed by atoms with Crippen molar-refractivity contribution >= 4 is 5.84 Å². The van der Waals surface area contributed by atoms with Gasteiger partial charge < -0.3 is 10.9 Å². The minimum Gasteiger partial charge on any atom is -0.409 e. The Morgan fingerprint density at radius 1 is 1.41 bits per heavy atom. The highest BCUT2D eigenvalue weighted by Gasteiger charge is 2.08. The molecule has 0 bridgehead atoms. The fourth-order valence-corrected chi connectivity index (χ4v) is 1.45. The maximum absolute atomic E-state index is 12.1. The number of alkyl halides is 2. The van der Waals surface area contributed by atoms with Gasteiger partial charge >= 0.3 is 0 Å². The van der Waals surface area contributed by atoms with Crippen LogP contribution in [-0.4, -0.2) is 36.0 Å². The van der Waals surface area contributed by atoms with Crippen molar-refractivity contribution in [1.29, 1.82) is 0 Å². The van der Waals surface area contributed by atoms with Gasteiger partial charge in [-0.1, -0.05) is 29.4 Å². The minimum atomic E-state index is -2.34. The number of rotatable bonds is 5. The van der Waals surface area contributed by atoms with E-state index in [1.807, 2.05) is 0 Å². The van der Waals surface area contributed by atoms with Crippen molar-refractivity contribution in [1.82, 2.24) is 4.90 Å². The van der Waals surface area contributed by atoms with Crippen LogP contribution in [0.15, 0.2) is 29.4 Å². The Kier molecular flexibility index (Phi) is 4.84. The van der Waals surface area contributed by atoms with Crippen LogP contribution in [0, 0.1) is 0 Å². The first kappa shape index (κ1) is 13.4. The van der Waals surface area contributed by atoms with Crippen LogP contribution in [0.1, 0.15) is 11.1 Å². The number of oxime groups is 1. The van der Waals surface area contributed by atoms with Gasteiger partial charge in [0.1, 0.15) is 0 Å². The number of hydrogen-bond donors (Lipinski definition) is 2. The topological polar surface area (TPSA) is 61.8 Å². The zero-order chi connectivity index (χ0) is 12.8. The predicted molar refractivity (Wildman–Crippen MR) is 61.3 cm³/mol. The summed E-state index contributed by atoms with van der Waals surface area (Å²) in [6.45, 7) is 0.169. The summed E-state index contributed by atoms with van der Waals surface area (Å²) in [5.41, 5.74) is 6.88. The van der Waals surface area contributed by atoms with E-state index in [1.165, 1.54) is 4.90 Å². The molecule has 0 heterocycles. The normalized spacial score (nSPS) is 12.4. The lowest BCUT2D eigenvalue weighted by Crippen LogP contribution is -2.24. The van der Waals surface area contributed by atoms with E-state index in [0.29, 0.717) is 12.1 Å². The summed E-state index contributed by atoms with van der Waals surface area (Å²) in [6, 6.07) is 6.88. The summed E-state index contributed by atoms with van der Waals surface area (Å²) in [4.78, 5) is 1.53. The quantitative estimate of drug-likeness (QED) is 0.356. The number of nitrogens with two attached hydrogens (primary N) is 1. The lowest BCUT2D eigenvalue weighted by atomic mass is 10.1. The van der Waals surface area contributed by atoms with Crippen LogP contribution in [-0.2, 0) is 6.54 Å². The molecule has 1 rings (SSSR count).